The number of allylic oxidation sites excluding steroid dienone is 1. The van der Waals surface area contributed by atoms with E-state index in [1.54, 1.807) is 12.7 Å². The third kappa shape index (κ3) is 1.68. The Kier molecular flexibility index (Phi) is 2.01. The van der Waals surface area contributed by atoms with Crippen LogP contribution in [0, 0.1) is 0 Å². The quantitative estimate of drug-likeness (QED) is 0.558. The van der Waals surface area contributed by atoms with E-state index in [2.05, 4.69) is 16.8 Å². The number of nitrogens with zero attached hydrogens (tertiary/aromatic N) is 3. The zero-order valence-electron chi connectivity index (χ0n) is 5.20. The monoisotopic (exact) mass is 123 g/mol. The van der Waals surface area contributed by atoms with Gasteiger partial charge in [-0.15, -0.1) is 16.8 Å². The maximum atomic E-state index is 3.65. The molecule has 0 fully saturated rings. The summed E-state index contributed by atoms with van der Waals surface area (Å²) in [6.45, 7) is 4.53. The highest BCUT2D eigenvalue weighted by molar-refractivity contribution is 4.68. The van der Waals surface area contributed by atoms with E-state index in [9.17, 15) is 0 Å². The number of aromatic nitrogens is 3. The summed E-state index contributed by atoms with van der Waals surface area (Å²) in [6, 6.07) is 0. The van der Waals surface area contributed by atoms with Crippen LogP contribution in [0.2, 0.25) is 0 Å². The molecular weight excluding hydrogens is 114 g/mol. The van der Waals surface area contributed by atoms with Gasteiger partial charge >= 0.3 is 0 Å². The maximum Gasteiger partial charge on any atom is 0.119 e. The van der Waals surface area contributed by atoms with Crippen molar-refractivity contribution in [2.45, 2.75) is 13.0 Å². The molecule has 1 aromatic rings. The van der Waals surface area contributed by atoms with Gasteiger partial charge < -0.3 is 4.57 Å². The van der Waals surface area contributed by atoms with Gasteiger partial charge in [-0.1, -0.05) is 6.08 Å². The molecule has 0 N–H and O–H groups in total. The molecule has 3 nitrogen and oxygen atoms in total. The van der Waals surface area contributed by atoms with Gasteiger partial charge in [-0.05, 0) is 6.42 Å². The van der Waals surface area contributed by atoms with Crippen molar-refractivity contribution >= 4 is 0 Å². The van der Waals surface area contributed by atoms with Gasteiger partial charge in [-0.3, -0.25) is 0 Å². The average molecular weight is 123 g/mol. The smallest absolute Gasteiger partial charge is 0.119 e. The standard InChI is InChI=1S/C6H9N3/c1-2-3-4-9-5-7-8-6-9/h2,5-6H,1,3-4H2. The van der Waals surface area contributed by atoms with E-state index in [0.717, 1.165) is 13.0 Å². The highest BCUT2D eigenvalue weighted by Gasteiger charge is 1.84. The lowest BCUT2D eigenvalue weighted by molar-refractivity contribution is 0.707. The molecule has 1 rings (SSSR count). The highest BCUT2D eigenvalue weighted by Crippen LogP contribution is 1.87. The Morgan fingerprint density at radius 2 is 2.11 bits per heavy atom. The van der Waals surface area contributed by atoms with Crippen molar-refractivity contribution < 1.29 is 0 Å². The average Bonchev–Trinajstić information content (AvgIpc) is 2.34. The van der Waals surface area contributed by atoms with Crippen molar-refractivity contribution in [3.8, 4) is 0 Å². The van der Waals surface area contributed by atoms with Crippen LogP contribution in [0.5, 0.6) is 0 Å². The van der Waals surface area contributed by atoms with Gasteiger partial charge in [-0.25, -0.2) is 0 Å². The molecule has 0 aliphatic rings. The van der Waals surface area contributed by atoms with Gasteiger partial charge in [0.2, 0.25) is 0 Å². The Labute approximate surface area is 54.0 Å². The van der Waals surface area contributed by atoms with Crippen LogP contribution in [0.15, 0.2) is 25.3 Å². The van der Waals surface area contributed by atoms with E-state index < -0.39 is 0 Å². The molecule has 3 heteroatoms. The molecule has 0 amide bonds. The largest absolute Gasteiger partial charge is 0.320 e. The first kappa shape index (κ1) is 6.01. The third-order valence-electron chi connectivity index (χ3n) is 1.06. The van der Waals surface area contributed by atoms with Gasteiger partial charge in [0.05, 0.1) is 0 Å². The Balaban J connectivity index is 2.38. The van der Waals surface area contributed by atoms with E-state index in [1.807, 2.05) is 10.6 Å². The van der Waals surface area contributed by atoms with Crippen LogP contribution in [0.3, 0.4) is 0 Å². The predicted octanol–water partition coefficient (Wildman–Crippen LogP) is 0.854. The van der Waals surface area contributed by atoms with Gasteiger partial charge in [0.1, 0.15) is 12.7 Å². The van der Waals surface area contributed by atoms with Crippen LogP contribution in [0.1, 0.15) is 6.42 Å². The van der Waals surface area contributed by atoms with Crippen LogP contribution in [-0.2, 0) is 6.54 Å². The molecule has 48 valence electrons. The Morgan fingerprint density at radius 3 is 2.67 bits per heavy atom. The van der Waals surface area contributed by atoms with E-state index in [1.165, 1.54) is 0 Å². The molecule has 1 aromatic heterocycles. The summed E-state index contributed by atoms with van der Waals surface area (Å²) in [5, 5.41) is 7.31. The summed E-state index contributed by atoms with van der Waals surface area (Å²) < 4.78 is 1.92. The van der Waals surface area contributed by atoms with Crippen LogP contribution >= 0.6 is 0 Å². The summed E-state index contributed by atoms with van der Waals surface area (Å²) in [5.41, 5.74) is 0. The first-order chi connectivity index (χ1) is 4.43. The van der Waals surface area contributed by atoms with Crippen molar-refractivity contribution in [2.24, 2.45) is 0 Å². The van der Waals surface area contributed by atoms with E-state index in [0.29, 0.717) is 0 Å². The first-order valence-corrected chi connectivity index (χ1v) is 2.87. The summed E-state index contributed by atoms with van der Waals surface area (Å²) in [4.78, 5) is 0. The van der Waals surface area contributed by atoms with Crippen molar-refractivity contribution in [3.63, 3.8) is 0 Å². The van der Waals surface area contributed by atoms with Crippen LogP contribution < -0.4 is 0 Å². The number of rotatable bonds is 3. The number of aryl methyl sites for hydroxylation is 1. The molecule has 1 heterocycles. The lowest BCUT2D eigenvalue weighted by Crippen LogP contribution is -1.91. The molecule has 0 aromatic carbocycles. The molecule has 0 saturated carbocycles. The molecule has 0 aliphatic heterocycles. The van der Waals surface area contributed by atoms with Crippen molar-refractivity contribution in [3.05, 3.63) is 25.3 Å². The zero-order chi connectivity index (χ0) is 6.53. The molecule has 9 heavy (non-hydrogen) atoms. The van der Waals surface area contributed by atoms with Gasteiger partial charge in [-0.2, -0.15) is 0 Å². The molecule has 0 spiro atoms. The topological polar surface area (TPSA) is 30.7 Å². The van der Waals surface area contributed by atoms with Crippen LogP contribution in [-0.4, -0.2) is 14.8 Å². The van der Waals surface area contributed by atoms with E-state index in [4.69, 9.17) is 0 Å². The molecule has 0 saturated heterocycles. The predicted molar refractivity (Wildman–Crippen MR) is 34.8 cm³/mol. The first-order valence-electron chi connectivity index (χ1n) is 2.87. The van der Waals surface area contributed by atoms with Crippen molar-refractivity contribution in [1.82, 2.24) is 14.8 Å². The number of hydrogen-bond donors (Lipinski definition) is 0. The van der Waals surface area contributed by atoms with Crippen molar-refractivity contribution in [2.75, 3.05) is 0 Å². The normalized spacial score (nSPS) is 9.33. The Morgan fingerprint density at radius 1 is 1.44 bits per heavy atom. The fourth-order valence-corrected chi connectivity index (χ4v) is 0.578. The summed E-state index contributed by atoms with van der Waals surface area (Å²) in [5.74, 6) is 0. The Hall–Kier alpha value is -1.12. The Bertz CT molecular complexity index is 166. The molecular formula is C6H9N3. The molecule has 0 aliphatic carbocycles. The van der Waals surface area contributed by atoms with Crippen LogP contribution in [0.25, 0.3) is 0 Å². The highest BCUT2D eigenvalue weighted by atomic mass is 15.2. The number of hydrogen-bond acceptors (Lipinski definition) is 2. The fourth-order valence-electron chi connectivity index (χ4n) is 0.578. The maximum absolute atomic E-state index is 3.65. The fraction of sp³-hybridized carbons (Fsp3) is 0.333. The van der Waals surface area contributed by atoms with Crippen molar-refractivity contribution in [1.29, 1.82) is 0 Å². The second kappa shape index (κ2) is 3.02. The molecule has 0 atom stereocenters. The minimum Gasteiger partial charge on any atom is -0.320 e. The van der Waals surface area contributed by atoms with Crippen LogP contribution in [0.4, 0.5) is 0 Å². The minimum atomic E-state index is 0.927. The zero-order valence-corrected chi connectivity index (χ0v) is 5.20. The van der Waals surface area contributed by atoms with Gasteiger partial charge in [0, 0.05) is 6.54 Å². The van der Waals surface area contributed by atoms with E-state index >= 15 is 0 Å². The second-order valence-corrected chi connectivity index (χ2v) is 1.78. The molecule has 0 unspecified atom stereocenters. The lowest BCUT2D eigenvalue weighted by atomic mass is 10.4. The molecule has 0 bridgehead atoms. The van der Waals surface area contributed by atoms with Gasteiger partial charge in [0.15, 0.2) is 0 Å². The summed E-state index contributed by atoms with van der Waals surface area (Å²) in [7, 11) is 0. The lowest BCUT2D eigenvalue weighted by Gasteiger charge is -1.92. The molecule has 0 radical (unpaired) electrons. The van der Waals surface area contributed by atoms with E-state index in [-0.39, 0.29) is 0 Å². The van der Waals surface area contributed by atoms with Gasteiger partial charge in [0.25, 0.3) is 0 Å². The third-order valence-corrected chi connectivity index (χ3v) is 1.06. The summed E-state index contributed by atoms with van der Waals surface area (Å²) in [6.07, 6.45) is 6.24. The second-order valence-electron chi connectivity index (χ2n) is 1.78. The minimum absolute atomic E-state index is 0.927. The SMILES string of the molecule is C=CCCn1cnnc1. The summed E-state index contributed by atoms with van der Waals surface area (Å²) >= 11 is 0.